The normalized spacial score (nSPS) is 24.3. The molecule has 2 aromatic rings. The molecule has 2 fully saturated rings. The van der Waals surface area contributed by atoms with Crippen LogP contribution in [0.3, 0.4) is 0 Å². The number of furan rings is 1. The summed E-state index contributed by atoms with van der Waals surface area (Å²) in [6.45, 7) is 6.92. The van der Waals surface area contributed by atoms with Crippen molar-refractivity contribution in [3.05, 3.63) is 59.5 Å². The number of piperidine rings is 1. The van der Waals surface area contributed by atoms with E-state index in [0.29, 0.717) is 18.2 Å². The number of piperazine rings is 1. The van der Waals surface area contributed by atoms with Crippen molar-refractivity contribution in [2.24, 2.45) is 0 Å². The van der Waals surface area contributed by atoms with Gasteiger partial charge < -0.3 is 14.2 Å². The Labute approximate surface area is 179 Å². The first-order valence-corrected chi connectivity index (χ1v) is 11.4. The predicted molar refractivity (Wildman–Crippen MR) is 117 cm³/mol. The second-order valence-electron chi connectivity index (χ2n) is 9.56. The summed E-state index contributed by atoms with van der Waals surface area (Å²) in [5, 5.41) is 0. The number of rotatable bonds is 4. The van der Waals surface area contributed by atoms with Gasteiger partial charge in [-0.25, -0.2) is 0 Å². The number of carbonyl (C=O) groups excluding carboxylic acids is 1. The molecular weight excluding hydrogens is 374 g/mol. The van der Waals surface area contributed by atoms with Gasteiger partial charge in [0.05, 0.1) is 12.5 Å². The number of fused-ring (bicyclic) bond motifs is 2. The third kappa shape index (κ3) is 3.81. The molecule has 1 amide bonds. The Morgan fingerprint density at radius 3 is 2.57 bits per heavy atom. The number of likely N-dealkylation sites (N-methyl/N-ethyl adjacent to an activating group) is 1. The molecule has 1 aromatic carbocycles. The zero-order chi connectivity index (χ0) is 20.6. The Bertz CT molecular complexity index is 862. The number of benzene rings is 1. The van der Waals surface area contributed by atoms with Crippen LogP contribution in [-0.2, 0) is 16.8 Å². The molecule has 1 aliphatic carbocycles. The van der Waals surface area contributed by atoms with Crippen molar-refractivity contribution >= 4 is 5.91 Å². The zero-order valence-electron chi connectivity index (χ0n) is 18.1. The van der Waals surface area contributed by atoms with E-state index in [1.165, 1.54) is 29.5 Å². The van der Waals surface area contributed by atoms with Crippen LogP contribution in [0.15, 0.2) is 47.3 Å². The Balaban J connectivity index is 1.27. The van der Waals surface area contributed by atoms with Crippen molar-refractivity contribution in [3.8, 4) is 0 Å². The van der Waals surface area contributed by atoms with E-state index in [1.807, 2.05) is 6.26 Å². The lowest BCUT2D eigenvalue weighted by molar-refractivity contribution is -0.133. The Morgan fingerprint density at radius 2 is 1.83 bits per heavy atom. The molecule has 3 heterocycles. The van der Waals surface area contributed by atoms with E-state index >= 15 is 0 Å². The van der Waals surface area contributed by atoms with Gasteiger partial charge in [0, 0.05) is 44.7 Å². The highest BCUT2D eigenvalue weighted by molar-refractivity contribution is 5.77. The minimum Gasteiger partial charge on any atom is -0.472 e. The van der Waals surface area contributed by atoms with Crippen LogP contribution < -0.4 is 0 Å². The molecule has 0 unspecified atom stereocenters. The molecule has 0 bridgehead atoms. The zero-order valence-corrected chi connectivity index (χ0v) is 18.1. The van der Waals surface area contributed by atoms with Crippen molar-refractivity contribution in [2.45, 2.75) is 43.6 Å². The maximum absolute atomic E-state index is 13.1. The predicted octanol–water partition coefficient (Wildman–Crippen LogP) is 3.46. The van der Waals surface area contributed by atoms with Gasteiger partial charge in [-0.05, 0) is 67.9 Å². The van der Waals surface area contributed by atoms with Crippen LogP contribution in [0.4, 0.5) is 0 Å². The van der Waals surface area contributed by atoms with Crippen LogP contribution in [0.2, 0.25) is 0 Å². The number of likely N-dealkylation sites (tertiary alicyclic amines) is 1. The summed E-state index contributed by atoms with van der Waals surface area (Å²) in [6.07, 6.45) is 7.78. The van der Waals surface area contributed by atoms with Gasteiger partial charge in [0.2, 0.25) is 5.91 Å². The topological polar surface area (TPSA) is 39.9 Å². The van der Waals surface area contributed by atoms with Crippen LogP contribution in [0.1, 0.15) is 48.3 Å². The number of carbonyl (C=O) groups is 1. The first-order valence-electron chi connectivity index (χ1n) is 11.4. The van der Waals surface area contributed by atoms with Crippen LogP contribution in [0, 0.1) is 0 Å². The number of amides is 1. The third-order valence-corrected chi connectivity index (χ3v) is 7.69. The van der Waals surface area contributed by atoms with Gasteiger partial charge in [-0.15, -0.1) is 0 Å². The molecular formula is C25H33N3O2. The van der Waals surface area contributed by atoms with Gasteiger partial charge in [0.25, 0.3) is 0 Å². The summed E-state index contributed by atoms with van der Waals surface area (Å²) in [7, 11) is 2.14. The van der Waals surface area contributed by atoms with Gasteiger partial charge in [0.15, 0.2) is 0 Å². The molecule has 0 radical (unpaired) electrons. The van der Waals surface area contributed by atoms with Crippen molar-refractivity contribution in [1.82, 2.24) is 14.7 Å². The van der Waals surface area contributed by atoms with Gasteiger partial charge in [-0.1, -0.05) is 24.3 Å². The van der Waals surface area contributed by atoms with Gasteiger partial charge >= 0.3 is 0 Å². The Kier molecular flexibility index (Phi) is 5.42. The average molecular weight is 408 g/mol. The molecule has 5 rings (SSSR count). The SMILES string of the molecule is CN1CCN(C(=O)C[C@@H]2CC3(CCN(Cc4ccoc4)CC3)c3ccccc32)CC1. The molecule has 2 aliphatic heterocycles. The highest BCUT2D eigenvalue weighted by Gasteiger charge is 2.45. The van der Waals surface area contributed by atoms with Crippen LogP contribution >= 0.6 is 0 Å². The monoisotopic (exact) mass is 407 g/mol. The van der Waals surface area contributed by atoms with E-state index in [4.69, 9.17) is 4.42 Å². The smallest absolute Gasteiger partial charge is 0.223 e. The maximum Gasteiger partial charge on any atom is 0.223 e. The van der Waals surface area contributed by atoms with E-state index in [2.05, 4.69) is 52.1 Å². The van der Waals surface area contributed by atoms with Crippen molar-refractivity contribution in [3.63, 3.8) is 0 Å². The maximum atomic E-state index is 13.1. The minimum atomic E-state index is 0.247. The minimum absolute atomic E-state index is 0.247. The molecule has 30 heavy (non-hydrogen) atoms. The van der Waals surface area contributed by atoms with E-state index in [0.717, 1.165) is 52.2 Å². The summed E-state index contributed by atoms with van der Waals surface area (Å²) >= 11 is 0. The van der Waals surface area contributed by atoms with Crippen molar-refractivity contribution < 1.29 is 9.21 Å². The van der Waals surface area contributed by atoms with Gasteiger partial charge in [-0.3, -0.25) is 9.69 Å². The van der Waals surface area contributed by atoms with Gasteiger partial charge in [-0.2, -0.15) is 0 Å². The fraction of sp³-hybridized carbons (Fsp3) is 0.560. The number of hydrogen-bond donors (Lipinski definition) is 0. The largest absolute Gasteiger partial charge is 0.472 e. The summed E-state index contributed by atoms with van der Waals surface area (Å²) in [5.74, 6) is 0.714. The Morgan fingerprint density at radius 1 is 1.07 bits per heavy atom. The lowest BCUT2D eigenvalue weighted by Crippen LogP contribution is -2.47. The standard InChI is InChI=1S/C25H33N3O2/c1-26-11-13-28(14-12-26)24(29)16-21-17-25(23-5-3-2-4-22(21)23)7-9-27(10-8-25)18-20-6-15-30-19-20/h2-6,15,19,21H,7-14,16-18H2,1H3/t21-/m1/s1. The fourth-order valence-electron chi connectivity index (χ4n) is 5.86. The summed E-state index contributed by atoms with van der Waals surface area (Å²) < 4.78 is 5.24. The molecule has 2 saturated heterocycles. The van der Waals surface area contributed by atoms with E-state index in [9.17, 15) is 4.79 Å². The molecule has 1 atom stereocenters. The quantitative estimate of drug-likeness (QED) is 0.778. The molecule has 5 heteroatoms. The van der Waals surface area contributed by atoms with Crippen molar-refractivity contribution in [1.29, 1.82) is 0 Å². The molecule has 0 N–H and O–H groups in total. The molecule has 0 saturated carbocycles. The summed E-state index contributed by atoms with van der Waals surface area (Å²) in [6, 6.07) is 11.0. The molecule has 160 valence electrons. The van der Waals surface area contributed by atoms with E-state index in [-0.39, 0.29) is 5.41 Å². The number of nitrogens with zero attached hydrogens (tertiary/aromatic N) is 3. The second-order valence-corrected chi connectivity index (χ2v) is 9.56. The average Bonchev–Trinajstić information content (AvgIpc) is 3.38. The molecule has 5 nitrogen and oxygen atoms in total. The van der Waals surface area contributed by atoms with Crippen molar-refractivity contribution in [2.75, 3.05) is 46.3 Å². The Hall–Kier alpha value is -2.11. The summed E-state index contributed by atoms with van der Waals surface area (Å²) in [5.41, 5.74) is 4.46. The van der Waals surface area contributed by atoms with Gasteiger partial charge in [0.1, 0.15) is 0 Å². The van der Waals surface area contributed by atoms with E-state index < -0.39 is 0 Å². The lowest BCUT2D eigenvalue weighted by atomic mass is 9.73. The molecule has 1 aromatic heterocycles. The third-order valence-electron chi connectivity index (χ3n) is 7.69. The number of hydrogen-bond acceptors (Lipinski definition) is 4. The summed E-state index contributed by atoms with van der Waals surface area (Å²) in [4.78, 5) is 20.0. The van der Waals surface area contributed by atoms with Crippen LogP contribution in [0.25, 0.3) is 0 Å². The first kappa shape index (κ1) is 19.8. The molecule has 1 spiro atoms. The van der Waals surface area contributed by atoms with E-state index in [1.54, 1.807) is 6.26 Å². The lowest BCUT2D eigenvalue weighted by Gasteiger charge is -2.40. The molecule has 3 aliphatic rings. The fourth-order valence-corrected chi connectivity index (χ4v) is 5.86. The van der Waals surface area contributed by atoms with Crippen LogP contribution in [-0.4, -0.2) is 66.9 Å². The second kappa shape index (κ2) is 8.20. The first-order chi connectivity index (χ1) is 14.6. The van der Waals surface area contributed by atoms with Crippen LogP contribution in [0.5, 0.6) is 0 Å². The highest BCUT2D eigenvalue weighted by Crippen LogP contribution is 2.52. The highest BCUT2D eigenvalue weighted by atomic mass is 16.3.